The van der Waals surface area contributed by atoms with E-state index in [1.54, 1.807) is 41.1 Å². The molecule has 1 unspecified atom stereocenters. The maximum absolute atomic E-state index is 12.4. The maximum Gasteiger partial charge on any atom is 0.337 e. The van der Waals surface area contributed by atoms with Crippen LogP contribution in [0, 0.1) is 5.92 Å². The van der Waals surface area contributed by atoms with Gasteiger partial charge in [0.25, 0.3) is 0 Å². The molecule has 6 heteroatoms. The second-order valence-corrected chi connectivity index (χ2v) is 6.06. The van der Waals surface area contributed by atoms with Crippen LogP contribution in [0.3, 0.4) is 0 Å². The van der Waals surface area contributed by atoms with Gasteiger partial charge in [-0.1, -0.05) is 13.3 Å². The Hall–Kier alpha value is -2.37. The number of carbonyl (C=O) groups is 3. The lowest BCUT2D eigenvalue weighted by atomic mass is 10.1. The van der Waals surface area contributed by atoms with Gasteiger partial charge in [-0.05, 0) is 30.7 Å². The number of benzene rings is 1. The number of rotatable bonds is 6. The Labute approximate surface area is 142 Å². The second kappa shape index (κ2) is 7.95. The number of carbonyl (C=O) groups excluding carboxylic acids is 3. The Morgan fingerprint density at radius 3 is 2.54 bits per heavy atom. The molecule has 1 saturated heterocycles. The lowest BCUT2D eigenvalue weighted by Gasteiger charge is -2.21. The summed E-state index contributed by atoms with van der Waals surface area (Å²) in [5.41, 5.74) is 1.12. The van der Waals surface area contributed by atoms with Crippen LogP contribution in [0.2, 0.25) is 0 Å². The van der Waals surface area contributed by atoms with E-state index in [0.717, 1.165) is 12.8 Å². The van der Waals surface area contributed by atoms with Crippen LogP contribution in [0.1, 0.15) is 36.5 Å². The Kier molecular flexibility index (Phi) is 5.95. The number of hydrogen-bond donors (Lipinski definition) is 0. The van der Waals surface area contributed by atoms with Crippen LogP contribution in [0.4, 0.5) is 5.69 Å². The first kappa shape index (κ1) is 18.0. The van der Waals surface area contributed by atoms with Crippen molar-refractivity contribution >= 4 is 23.5 Å². The van der Waals surface area contributed by atoms with E-state index >= 15 is 0 Å². The van der Waals surface area contributed by atoms with Gasteiger partial charge in [0.05, 0.1) is 18.6 Å². The van der Waals surface area contributed by atoms with Crippen LogP contribution in [0.25, 0.3) is 0 Å². The molecule has 1 aliphatic heterocycles. The zero-order chi connectivity index (χ0) is 17.7. The topological polar surface area (TPSA) is 66.9 Å². The minimum atomic E-state index is -0.417. The summed E-state index contributed by atoms with van der Waals surface area (Å²) in [6.07, 6.45) is 2.22. The molecule has 1 heterocycles. The summed E-state index contributed by atoms with van der Waals surface area (Å²) in [5.74, 6) is -0.770. The first-order valence-corrected chi connectivity index (χ1v) is 8.21. The number of esters is 1. The SMILES string of the molecule is CCCCN(C)C(=O)C1CC(=O)N(c2ccc(C(=O)OC)cc2)C1. The summed E-state index contributed by atoms with van der Waals surface area (Å²) >= 11 is 0. The first-order chi connectivity index (χ1) is 11.5. The predicted octanol–water partition coefficient (Wildman–Crippen LogP) is 2.08. The Morgan fingerprint density at radius 1 is 1.29 bits per heavy atom. The molecule has 24 heavy (non-hydrogen) atoms. The molecule has 0 radical (unpaired) electrons. The second-order valence-electron chi connectivity index (χ2n) is 6.06. The van der Waals surface area contributed by atoms with E-state index in [0.29, 0.717) is 24.3 Å². The van der Waals surface area contributed by atoms with Gasteiger partial charge in [0.1, 0.15) is 0 Å². The fraction of sp³-hybridized carbons (Fsp3) is 0.500. The van der Waals surface area contributed by atoms with E-state index in [9.17, 15) is 14.4 Å². The molecular weight excluding hydrogens is 308 g/mol. The number of amides is 2. The van der Waals surface area contributed by atoms with Gasteiger partial charge in [-0.2, -0.15) is 0 Å². The Bertz CT molecular complexity index is 612. The van der Waals surface area contributed by atoms with E-state index in [1.165, 1.54) is 7.11 Å². The maximum atomic E-state index is 12.4. The molecule has 1 aromatic carbocycles. The van der Waals surface area contributed by atoms with Crippen molar-refractivity contribution in [1.82, 2.24) is 4.90 Å². The van der Waals surface area contributed by atoms with Crippen molar-refractivity contribution in [3.8, 4) is 0 Å². The summed E-state index contributed by atoms with van der Waals surface area (Å²) in [4.78, 5) is 39.5. The number of nitrogens with zero attached hydrogens (tertiary/aromatic N) is 2. The minimum Gasteiger partial charge on any atom is -0.465 e. The zero-order valence-corrected chi connectivity index (χ0v) is 14.4. The van der Waals surface area contributed by atoms with Gasteiger partial charge in [0.15, 0.2) is 0 Å². The standard InChI is InChI=1S/C18H24N2O4/c1-4-5-10-19(2)17(22)14-11-16(21)20(12-14)15-8-6-13(7-9-15)18(23)24-3/h6-9,14H,4-5,10-12H2,1-3H3. The average Bonchev–Trinajstić information content (AvgIpc) is 3.00. The number of anilines is 1. The summed E-state index contributed by atoms with van der Waals surface area (Å²) in [7, 11) is 3.11. The molecule has 0 bridgehead atoms. The molecule has 1 aromatic rings. The van der Waals surface area contributed by atoms with Gasteiger partial charge in [-0.25, -0.2) is 4.79 Å². The third-order valence-electron chi connectivity index (χ3n) is 4.30. The minimum absolute atomic E-state index is 0.0190. The van der Waals surface area contributed by atoms with E-state index in [2.05, 4.69) is 11.7 Å². The van der Waals surface area contributed by atoms with Gasteiger partial charge in [-0.3, -0.25) is 9.59 Å². The average molecular weight is 332 g/mol. The number of ether oxygens (including phenoxy) is 1. The van der Waals surface area contributed by atoms with E-state index < -0.39 is 5.97 Å². The fourth-order valence-corrected chi connectivity index (χ4v) is 2.83. The molecule has 1 fully saturated rings. The first-order valence-electron chi connectivity index (χ1n) is 8.21. The summed E-state index contributed by atoms with van der Waals surface area (Å²) in [6.45, 7) is 3.18. The van der Waals surface area contributed by atoms with Crippen LogP contribution in [0.5, 0.6) is 0 Å². The summed E-state index contributed by atoms with van der Waals surface area (Å²) < 4.78 is 4.66. The Morgan fingerprint density at radius 2 is 1.96 bits per heavy atom. The van der Waals surface area contributed by atoms with Gasteiger partial charge in [0.2, 0.25) is 11.8 Å². The van der Waals surface area contributed by atoms with E-state index in [4.69, 9.17) is 0 Å². The van der Waals surface area contributed by atoms with Crippen molar-refractivity contribution in [2.45, 2.75) is 26.2 Å². The van der Waals surface area contributed by atoms with Crippen molar-refractivity contribution in [2.75, 3.05) is 32.1 Å². The van der Waals surface area contributed by atoms with Crippen molar-refractivity contribution in [2.24, 2.45) is 5.92 Å². The smallest absolute Gasteiger partial charge is 0.337 e. The van der Waals surface area contributed by atoms with Gasteiger partial charge >= 0.3 is 5.97 Å². The Balaban J connectivity index is 2.04. The molecule has 130 valence electrons. The molecular formula is C18H24N2O4. The van der Waals surface area contributed by atoms with Crippen molar-refractivity contribution in [3.63, 3.8) is 0 Å². The van der Waals surface area contributed by atoms with Gasteiger partial charge < -0.3 is 14.5 Å². The van der Waals surface area contributed by atoms with Crippen LogP contribution in [-0.4, -0.2) is 49.9 Å². The van der Waals surface area contributed by atoms with Crippen LogP contribution < -0.4 is 4.90 Å². The number of hydrogen-bond acceptors (Lipinski definition) is 4. The van der Waals surface area contributed by atoms with Crippen LogP contribution in [0.15, 0.2) is 24.3 Å². The highest BCUT2D eigenvalue weighted by molar-refractivity contribution is 6.00. The quantitative estimate of drug-likeness (QED) is 0.748. The van der Waals surface area contributed by atoms with E-state index in [1.807, 2.05) is 0 Å². The van der Waals surface area contributed by atoms with Crippen LogP contribution in [-0.2, 0) is 14.3 Å². The summed E-state index contributed by atoms with van der Waals surface area (Å²) in [5, 5.41) is 0. The monoisotopic (exact) mass is 332 g/mol. The molecule has 1 atom stereocenters. The molecule has 0 N–H and O–H groups in total. The molecule has 0 aromatic heterocycles. The molecule has 6 nitrogen and oxygen atoms in total. The van der Waals surface area contributed by atoms with Crippen molar-refractivity contribution in [1.29, 1.82) is 0 Å². The molecule has 1 aliphatic rings. The number of unbranched alkanes of at least 4 members (excludes halogenated alkanes) is 1. The molecule has 2 amide bonds. The van der Waals surface area contributed by atoms with Crippen molar-refractivity contribution < 1.29 is 19.1 Å². The largest absolute Gasteiger partial charge is 0.465 e. The molecule has 0 saturated carbocycles. The predicted molar refractivity (Wildman–Crippen MR) is 90.8 cm³/mol. The highest BCUT2D eigenvalue weighted by Gasteiger charge is 2.36. The van der Waals surface area contributed by atoms with Crippen molar-refractivity contribution in [3.05, 3.63) is 29.8 Å². The summed E-state index contributed by atoms with van der Waals surface area (Å²) in [6, 6.07) is 6.66. The molecule has 2 rings (SSSR count). The van der Waals surface area contributed by atoms with E-state index in [-0.39, 0.29) is 24.2 Å². The van der Waals surface area contributed by atoms with Gasteiger partial charge in [0, 0.05) is 32.2 Å². The number of methoxy groups -OCH3 is 1. The highest BCUT2D eigenvalue weighted by Crippen LogP contribution is 2.26. The van der Waals surface area contributed by atoms with Gasteiger partial charge in [-0.15, -0.1) is 0 Å². The molecule has 0 aliphatic carbocycles. The normalized spacial score (nSPS) is 17.0. The lowest BCUT2D eigenvalue weighted by molar-refractivity contribution is -0.134. The van der Waals surface area contributed by atoms with Crippen LogP contribution >= 0.6 is 0 Å². The third kappa shape index (κ3) is 3.93. The lowest BCUT2D eigenvalue weighted by Crippen LogP contribution is -2.35. The third-order valence-corrected chi connectivity index (χ3v) is 4.30. The highest BCUT2D eigenvalue weighted by atomic mass is 16.5. The molecule has 0 spiro atoms. The zero-order valence-electron chi connectivity index (χ0n) is 14.4. The fourth-order valence-electron chi connectivity index (χ4n) is 2.83.